The highest BCUT2D eigenvalue weighted by molar-refractivity contribution is 5.85. The average Bonchev–Trinajstić information content (AvgIpc) is 3.42. The van der Waals surface area contributed by atoms with Gasteiger partial charge in [0.2, 0.25) is 5.91 Å². The van der Waals surface area contributed by atoms with Crippen molar-refractivity contribution in [3.05, 3.63) is 71.8 Å². The van der Waals surface area contributed by atoms with E-state index in [-0.39, 0.29) is 30.2 Å². The molecule has 0 aliphatic carbocycles. The van der Waals surface area contributed by atoms with Crippen molar-refractivity contribution in [1.29, 1.82) is 0 Å². The Kier molecular flexibility index (Phi) is 6.49. The maximum Gasteiger partial charge on any atom is 0.225 e. The van der Waals surface area contributed by atoms with Crippen LogP contribution in [-0.4, -0.2) is 38.6 Å². The lowest BCUT2D eigenvalue weighted by Crippen LogP contribution is -2.34. The van der Waals surface area contributed by atoms with E-state index in [4.69, 9.17) is 0 Å². The number of nitrogens with one attached hydrogen (secondary N) is 2. The van der Waals surface area contributed by atoms with Crippen molar-refractivity contribution in [1.82, 2.24) is 30.2 Å². The smallest absolute Gasteiger partial charge is 0.225 e. The second-order valence-corrected chi connectivity index (χ2v) is 7.01. The van der Waals surface area contributed by atoms with Gasteiger partial charge in [-0.2, -0.15) is 10.2 Å². The fraction of sp³-hybridized carbons (Fsp3) is 0.350. The first-order valence-electron chi connectivity index (χ1n) is 9.22. The standard InChI is InChI=1S/C20H24N6O.ClH/c1-25-13-17(10-24-25)18-11-21-12-19(18)20(27)22-9-15-5-2-3-6-16(15)14-26-8-4-7-23-26;/h2-8,10,13,18-19,21H,9,11-12,14H2,1H3,(H,22,27);1H/t18-,19+;/m1./s1. The number of benzene rings is 1. The minimum Gasteiger partial charge on any atom is -0.352 e. The van der Waals surface area contributed by atoms with E-state index >= 15 is 0 Å². The second-order valence-electron chi connectivity index (χ2n) is 7.01. The molecule has 1 aliphatic rings. The molecule has 7 nitrogen and oxygen atoms in total. The highest BCUT2D eigenvalue weighted by Crippen LogP contribution is 2.28. The Labute approximate surface area is 170 Å². The van der Waals surface area contributed by atoms with Gasteiger partial charge in [0.15, 0.2) is 0 Å². The summed E-state index contributed by atoms with van der Waals surface area (Å²) in [5.41, 5.74) is 3.39. The number of amides is 1. The predicted molar refractivity (Wildman–Crippen MR) is 109 cm³/mol. The minimum absolute atomic E-state index is 0. The van der Waals surface area contributed by atoms with Crippen molar-refractivity contribution >= 4 is 18.3 Å². The van der Waals surface area contributed by atoms with Gasteiger partial charge < -0.3 is 10.6 Å². The maximum absolute atomic E-state index is 12.8. The van der Waals surface area contributed by atoms with Gasteiger partial charge in [-0.05, 0) is 22.8 Å². The van der Waals surface area contributed by atoms with Gasteiger partial charge in [-0.15, -0.1) is 12.4 Å². The molecule has 0 unspecified atom stereocenters. The number of nitrogens with zero attached hydrogens (tertiary/aromatic N) is 4. The van der Waals surface area contributed by atoms with Crippen LogP contribution in [-0.2, 0) is 24.9 Å². The summed E-state index contributed by atoms with van der Waals surface area (Å²) in [7, 11) is 1.90. The number of rotatable bonds is 6. The van der Waals surface area contributed by atoms with Crippen molar-refractivity contribution in [3.63, 3.8) is 0 Å². The highest BCUT2D eigenvalue weighted by Gasteiger charge is 2.34. The summed E-state index contributed by atoms with van der Waals surface area (Å²) < 4.78 is 3.67. The monoisotopic (exact) mass is 400 g/mol. The van der Waals surface area contributed by atoms with Crippen LogP contribution in [0.1, 0.15) is 22.6 Å². The third kappa shape index (κ3) is 4.43. The van der Waals surface area contributed by atoms with Crippen molar-refractivity contribution in [2.75, 3.05) is 13.1 Å². The molecule has 8 heteroatoms. The molecule has 28 heavy (non-hydrogen) atoms. The number of carbonyl (C=O) groups is 1. The van der Waals surface area contributed by atoms with Crippen LogP contribution in [0.25, 0.3) is 0 Å². The van der Waals surface area contributed by atoms with Crippen molar-refractivity contribution in [2.45, 2.75) is 19.0 Å². The molecule has 2 aromatic heterocycles. The number of hydrogen-bond donors (Lipinski definition) is 2. The average molecular weight is 401 g/mol. The second kappa shape index (κ2) is 9.03. The van der Waals surface area contributed by atoms with E-state index in [1.807, 2.05) is 48.5 Å². The van der Waals surface area contributed by atoms with E-state index in [0.29, 0.717) is 19.6 Å². The van der Waals surface area contributed by atoms with E-state index in [9.17, 15) is 4.79 Å². The topological polar surface area (TPSA) is 76.8 Å². The summed E-state index contributed by atoms with van der Waals surface area (Å²) in [6.45, 7) is 2.72. The first-order chi connectivity index (χ1) is 13.2. The molecule has 1 amide bonds. The Morgan fingerprint density at radius 2 is 2.04 bits per heavy atom. The first kappa shape index (κ1) is 20.1. The predicted octanol–water partition coefficient (Wildman–Crippen LogP) is 1.71. The van der Waals surface area contributed by atoms with Gasteiger partial charge in [-0.1, -0.05) is 24.3 Å². The van der Waals surface area contributed by atoms with Crippen LogP contribution in [0, 0.1) is 5.92 Å². The molecule has 0 spiro atoms. The molecule has 1 fully saturated rings. The molecule has 3 aromatic rings. The molecule has 4 rings (SSSR count). The molecule has 3 heterocycles. The molecular formula is C20H25ClN6O. The zero-order chi connectivity index (χ0) is 18.6. The van der Waals surface area contributed by atoms with Gasteiger partial charge in [0.25, 0.3) is 0 Å². The van der Waals surface area contributed by atoms with Crippen LogP contribution >= 0.6 is 12.4 Å². The molecule has 0 saturated carbocycles. The van der Waals surface area contributed by atoms with Crippen LogP contribution in [0.15, 0.2) is 55.1 Å². The van der Waals surface area contributed by atoms with E-state index in [1.165, 1.54) is 0 Å². The fourth-order valence-corrected chi connectivity index (χ4v) is 3.70. The number of carbonyl (C=O) groups excluding carboxylic acids is 1. The lowest BCUT2D eigenvalue weighted by Gasteiger charge is -2.18. The van der Waals surface area contributed by atoms with Crippen molar-refractivity contribution in [2.24, 2.45) is 13.0 Å². The van der Waals surface area contributed by atoms with Gasteiger partial charge >= 0.3 is 0 Å². The summed E-state index contributed by atoms with van der Waals surface area (Å²) in [6, 6.07) is 10.1. The molecule has 1 aromatic carbocycles. The molecule has 0 bridgehead atoms. The Morgan fingerprint density at radius 1 is 1.21 bits per heavy atom. The minimum atomic E-state index is -0.0764. The Bertz CT molecular complexity index is 907. The van der Waals surface area contributed by atoms with Gasteiger partial charge in [0.05, 0.1) is 18.7 Å². The summed E-state index contributed by atoms with van der Waals surface area (Å²) in [6.07, 6.45) is 7.57. The van der Waals surface area contributed by atoms with Crippen LogP contribution < -0.4 is 10.6 Å². The number of hydrogen-bond acceptors (Lipinski definition) is 4. The first-order valence-corrected chi connectivity index (χ1v) is 9.22. The number of halogens is 1. The van der Waals surface area contributed by atoms with Crippen LogP contribution in [0.4, 0.5) is 0 Å². The third-order valence-electron chi connectivity index (χ3n) is 5.17. The molecule has 1 aliphatic heterocycles. The lowest BCUT2D eigenvalue weighted by atomic mass is 9.90. The highest BCUT2D eigenvalue weighted by atomic mass is 35.5. The molecule has 2 atom stereocenters. The van der Waals surface area contributed by atoms with Crippen molar-refractivity contribution in [3.8, 4) is 0 Å². The lowest BCUT2D eigenvalue weighted by molar-refractivity contribution is -0.125. The summed E-state index contributed by atoms with van der Waals surface area (Å²) in [5, 5.41) is 15.0. The Hall–Kier alpha value is -2.64. The third-order valence-corrected chi connectivity index (χ3v) is 5.17. The zero-order valence-electron chi connectivity index (χ0n) is 15.8. The van der Waals surface area contributed by atoms with Gasteiger partial charge in [-0.25, -0.2) is 0 Å². The Morgan fingerprint density at radius 3 is 2.75 bits per heavy atom. The largest absolute Gasteiger partial charge is 0.352 e. The molecule has 1 saturated heterocycles. The normalized spacial score (nSPS) is 18.6. The summed E-state index contributed by atoms with van der Waals surface area (Å²) in [4.78, 5) is 12.8. The zero-order valence-corrected chi connectivity index (χ0v) is 16.6. The van der Waals surface area contributed by atoms with E-state index in [1.54, 1.807) is 10.9 Å². The van der Waals surface area contributed by atoms with E-state index in [0.717, 1.165) is 23.2 Å². The number of aryl methyl sites for hydroxylation is 1. The van der Waals surface area contributed by atoms with Crippen LogP contribution in [0.3, 0.4) is 0 Å². The SMILES string of the molecule is Cl.Cn1cc([C@H]2CNC[C@@H]2C(=O)NCc2ccccc2Cn2cccn2)cn1. The van der Waals surface area contributed by atoms with E-state index in [2.05, 4.69) is 33.0 Å². The molecule has 2 N–H and O–H groups in total. The number of aromatic nitrogens is 4. The van der Waals surface area contributed by atoms with Crippen LogP contribution in [0.2, 0.25) is 0 Å². The van der Waals surface area contributed by atoms with E-state index < -0.39 is 0 Å². The van der Waals surface area contributed by atoms with Crippen LogP contribution in [0.5, 0.6) is 0 Å². The van der Waals surface area contributed by atoms with Gasteiger partial charge in [-0.3, -0.25) is 14.2 Å². The quantitative estimate of drug-likeness (QED) is 0.660. The molecular weight excluding hydrogens is 376 g/mol. The summed E-state index contributed by atoms with van der Waals surface area (Å²) >= 11 is 0. The van der Waals surface area contributed by atoms with Gasteiger partial charge in [0, 0.05) is 51.2 Å². The Balaban J connectivity index is 0.00000225. The molecule has 148 valence electrons. The fourth-order valence-electron chi connectivity index (χ4n) is 3.70. The molecule has 0 radical (unpaired) electrons. The summed E-state index contributed by atoms with van der Waals surface area (Å²) in [5.74, 6) is 0.174. The van der Waals surface area contributed by atoms with Crippen molar-refractivity contribution < 1.29 is 4.79 Å². The maximum atomic E-state index is 12.8. The van der Waals surface area contributed by atoms with Gasteiger partial charge in [0.1, 0.15) is 0 Å².